The molecule has 0 aliphatic heterocycles. The van der Waals surface area contributed by atoms with E-state index in [4.69, 9.17) is 4.74 Å². The molecule has 1 aromatic heterocycles. The number of Topliss-reactive ketones (excluding diaryl/α,β-unsaturated/α-hetero) is 1. The van der Waals surface area contributed by atoms with Crippen LogP contribution in [0.4, 0.5) is 5.69 Å². The van der Waals surface area contributed by atoms with Crippen molar-refractivity contribution in [1.82, 2.24) is 15.0 Å². The highest BCUT2D eigenvalue weighted by Gasteiger charge is 2.14. The van der Waals surface area contributed by atoms with Gasteiger partial charge in [0.1, 0.15) is 5.52 Å². The molecule has 146 valence electrons. The minimum absolute atomic E-state index is 0.274. The fraction of sp³-hybridized carbons (Fsp3) is 0.222. The van der Waals surface area contributed by atoms with Crippen LogP contribution in [0, 0.1) is 0 Å². The number of nitrogens with zero attached hydrogens (tertiary/aromatic N) is 3. The lowest BCUT2D eigenvalue weighted by atomic mass is 10.1. The summed E-state index contributed by atoms with van der Waals surface area (Å²) in [6, 6.07) is 10.7. The Bertz CT molecular complexity index is 1140. The highest BCUT2D eigenvalue weighted by Crippen LogP contribution is 2.15. The second kappa shape index (κ2) is 7.77. The summed E-state index contributed by atoms with van der Waals surface area (Å²) in [6.07, 6.45) is 1.03. The molecule has 3 aromatic rings. The highest BCUT2D eigenvalue weighted by atomic mass is 32.2. The molecule has 9 nitrogen and oxygen atoms in total. The number of benzene rings is 2. The third-order valence-electron chi connectivity index (χ3n) is 3.89. The molecule has 0 fully saturated rings. The van der Waals surface area contributed by atoms with Crippen molar-refractivity contribution in [1.29, 1.82) is 0 Å². The van der Waals surface area contributed by atoms with Gasteiger partial charge in [0.05, 0.1) is 17.3 Å². The summed E-state index contributed by atoms with van der Waals surface area (Å²) in [6.45, 7) is 2.16. The predicted molar refractivity (Wildman–Crippen MR) is 103 cm³/mol. The first kappa shape index (κ1) is 19.5. The predicted octanol–water partition coefficient (Wildman–Crippen LogP) is 1.86. The Morgan fingerprint density at radius 2 is 1.79 bits per heavy atom. The van der Waals surface area contributed by atoms with Gasteiger partial charge in [0.2, 0.25) is 10.0 Å². The number of hydrogen-bond acceptors (Lipinski definition) is 7. The fourth-order valence-electron chi connectivity index (χ4n) is 2.57. The maximum absolute atomic E-state index is 12.2. The number of aromatic nitrogens is 3. The van der Waals surface area contributed by atoms with Crippen molar-refractivity contribution < 1.29 is 22.7 Å². The topological polar surface area (TPSA) is 120 Å². The first-order valence-corrected chi connectivity index (χ1v) is 10.3. The lowest BCUT2D eigenvalue weighted by Gasteiger charge is -2.06. The van der Waals surface area contributed by atoms with E-state index in [1.807, 2.05) is 6.92 Å². The number of rotatable bonds is 7. The molecule has 10 heteroatoms. The quantitative estimate of drug-likeness (QED) is 0.473. The molecule has 2 aromatic carbocycles. The number of hydrogen-bond donors (Lipinski definition) is 1. The molecule has 0 bridgehead atoms. The number of ether oxygens (including phenoxy) is 1. The average Bonchev–Trinajstić information content (AvgIpc) is 3.07. The zero-order valence-corrected chi connectivity index (χ0v) is 16.1. The smallest absolute Gasteiger partial charge is 0.338 e. The summed E-state index contributed by atoms with van der Waals surface area (Å²) >= 11 is 0. The molecule has 0 amide bonds. The number of fused-ring (bicyclic) bond motifs is 1. The molecule has 0 atom stereocenters. The van der Waals surface area contributed by atoms with Crippen LogP contribution in [0.3, 0.4) is 0 Å². The van der Waals surface area contributed by atoms with Gasteiger partial charge < -0.3 is 4.74 Å². The number of sulfonamides is 1. The second-order valence-corrected chi connectivity index (χ2v) is 7.81. The van der Waals surface area contributed by atoms with Crippen molar-refractivity contribution in [3.8, 4) is 0 Å². The number of aryl methyl sites for hydroxylation is 1. The number of carbonyl (C=O) groups is 2. The number of anilines is 1. The number of ketones is 1. The molecule has 0 saturated heterocycles. The van der Waals surface area contributed by atoms with Gasteiger partial charge in [0.15, 0.2) is 12.4 Å². The molecule has 0 spiro atoms. The SMILES string of the molecule is CCn1nnc2cc(C(=O)OCC(=O)c3ccc(NS(C)(=O)=O)cc3)ccc21. The minimum atomic E-state index is -3.39. The van der Waals surface area contributed by atoms with Crippen LogP contribution in [0.2, 0.25) is 0 Å². The minimum Gasteiger partial charge on any atom is -0.454 e. The zero-order chi connectivity index (χ0) is 20.3. The molecular weight excluding hydrogens is 384 g/mol. The molecule has 28 heavy (non-hydrogen) atoms. The van der Waals surface area contributed by atoms with Crippen LogP contribution >= 0.6 is 0 Å². The first-order valence-electron chi connectivity index (χ1n) is 8.38. The van der Waals surface area contributed by atoms with Gasteiger partial charge in [-0.2, -0.15) is 0 Å². The van der Waals surface area contributed by atoms with Gasteiger partial charge in [0, 0.05) is 17.8 Å². The number of esters is 1. The van der Waals surface area contributed by atoms with E-state index in [0.29, 0.717) is 23.3 Å². The maximum atomic E-state index is 12.2. The summed E-state index contributed by atoms with van der Waals surface area (Å²) in [4.78, 5) is 24.4. The number of carbonyl (C=O) groups excluding carboxylic acids is 2. The normalized spacial score (nSPS) is 11.4. The van der Waals surface area contributed by atoms with Crippen LogP contribution in [0.1, 0.15) is 27.6 Å². The van der Waals surface area contributed by atoms with Gasteiger partial charge >= 0.3 is 5.97 Å². The van der Waals surface area contributed by atoms with Crippen LogP contribution in [-0.2, 0) is 21.3 Å². The van der Waals surface area contributed by atoms with Gasteiger partial charge in [-0.3, -0.25) is 9.52 Å². The van der Waals surface area contributed by atoms with E-state index in [0.717, 1.165) is 11.8 Å². The van der Waals surface area contributed by atoms with E-state index in [2.05, 4.69) is 15.0 Å². The lowest BCUT2D eigenvalue weighted by Crippen LogP contribution is -2.14. The summed E-state index contributed by atoms with van der Waals surface area (Å²) in [5.74, 6) is -1.05. The molecule has 0 aliphatic rings. The Balaban J connectivity index is 1.63. The van der Waals surface area contributed by atoms with Crippen molar-refractivity contribution in [3.63, 3.8) is 0 Å². The van der Waals surface area contributed by atoms with E-state index < -0.39 is 28.4 Å². The van der Waals surface area contributed by atoms with Crippen LogP contribution in [0.25, 0.3) is 11.0 Å². The van der Waals surface area contributed by atoms with Crippen LogP contribution in [0.15, 0.2) is 42.5 Å². The van der Waals surface area contributed by atoms with Crippen molar-refractivity contribution in [2.24, 2.45) is 0 Å². The van der Waals surface area contributed by atoms with E-state index in [9.17, 15) is 18.0 Å². The molecule has 0 aliphatic carbocycles. The molecule has 0 radical (unpaired) electrons. The van der Waals surface area contributed by atoms with Gasteiger partial charge in [-0.25, -0.2) is 17.9 Å². The van der Waals surface area contributed by atoms with E-state index in [1.54, 1.807) is 22.9 Å². The summed E-state index contributed by atoms with van der Waals surface area (Å²) in [5.41, 5.74) is 2.28. The standard InChI is InChI=1S/C18H18N4O5S/c1-3-22-16-9-6-13(10-15(16)19-21-22)18(24)27-11-17(23)12-4-7-14(8-5-12)20-28(2,25)26/h4-10,20H,3,11H2,1-2H3. The molecule has 1 heterocycles. The molecule has 3 rings (SSSR count). The van der Waals surface area contributed by atoms with E-state index >= 15 is 0 Å². The van der Waals surface area contributed by atoms with Crippen LogP contribution in [-0.4, -0.2) is 48.0 Å². The Morgan fingerprint density at radius 3 is 2.43 bits per heavy atom. The van der Waals surface area contributed by atoms with Crippen molar-refractivity contribution in [2.45, 2.75) is 13.5 Å². The largest absolute Gasteiger partial charge is 0.454 e. The number of nitrogens with one attached hydrogen (secondary N) is 1. The fourth-order valence-corrected chi connectivity index (χ4v) is 3.13. The monoisotopic (exact) mass is 402 g/mol. The Kier molecular flexibility index (Phi) is 5.41. The third kappa shape index (κ3) is 4.52. The lowest BCUT2D eigenvalue weighted by molar-refractivity contribution is 0.0475. The Morgan fingerprint density at radius 1 is 1.11 bits per heavy atom. The van der Waals surface area contributed by atoms with Crippen molar-refractivity contribution >= 4 is 38.5 Å². The Labute approximate surface area is 161 Å². The molecule has 0 saturated carbocycles. The van der Waals surface area contributed by atoms with E-state index in [1.165, 1.54) is 24.3 Å². The van der Waals surface area contributed by atoms with Crippen molar-refractivity contribution in [2.75, 3.05) is 17.6 Å². The maximum Gasteiger partial charge on any atom is 0.338 e. The first-order chi connectivity index (χ1) is 13.3. The van der Waals surface area contributed by atoms with Gasteiger partial charge in [-0.05, 0) is 49.4 Å². The molecule has 0 unspecified atom stereocenters. The van der Waals surface area contributed by atoms with Crippen LogP contribution < -0.4 is 4.72 Å². The van der Waals surface area contributed by atoms with Gasteiger partial charge in [-0.15, -0.1) is 5.10 Å². The zero-order valence-electron chi connectivity index (χ0n) is 15.2. The van der Waals surface area contributed by atoms with Crippen LogP contribution in [0.5, 0.6) is 0 Å². The summed E-state index contributed by atoms with van der Waals surface area (Å²) in [5, 5.41) is 7.97. The molecule has 1 N–H and O–H groups in total. The Hall–Kier alpha value is -3.27. The highest BCUT2D eigenvalue weighted by molar-refractivity contribution is 7.92. The summed E-state index contributed by atoms with van der Waals surface area (Å²) in [7, 11) is -3.39. The van der Waals surface area contributed by atoms with Gasteiger partial charge in [-0.1, -0.05) is 5.21 Å². The second-order valence-electron chi connectivity index (χ2n) is 6.06. The van der Waals surface area contributed by atoms with Gasteiger partial charge in [0.25, 0.3) is 0 Å². The average molecular weight is 402 g/mol. The summed E-state index contributed by atoms with van der Waals surface area (Å²) < 4.78 is 31.5. The van der Waals surface area contributed by atoms with E-state index in [-0.39, 0.29) is 5.56 Å². The third-order valence-corrected chi connectivity index (χ3v) is 4.50. The molecular formula is C18H18N4O5S. The van der Waals surface area contributed by atoms with Crippen molar-refractivity contribution in [3.05, 3.63) is 53.6 Å².